The van der Waals surface area contributed by atoms with Crippen LogP contribution in [0, 0.1) is 11.3 Å². The van der Waals surface area contributed by atoms with E-state index in [1.807, 2.05) is 13.0 Å². The number of benzene rings is 1. The van der Waals surface area contributed by atoms with Gasteiger partial charge >= 0.3 is 0 Å². The lowest BCUT2D eigenvalue weighted by molar-refractivity contribution is 0.807. The number of nitrogens with zero attached hydrogens (tertiary/aromatic N) is 4. The van der Waals surface area contributed by atoms with E-state index in [9.17, 15) is 0 Å². The fourth-order valence-corrected chi connectivity index (χ4v) is 2.55. The van der Waals surface area contributed by atoms with Crippen molar-refractivity contribution in [3.63, 3.8) is 0 Å². The Morgan fingerprint density at radius 1 is 1.42 bits per heavy atom. The molecule has 0 aliphatic heterocycles. The van der Waals surface area contributed by atoms with Crippen molar-refractivity contribution in [3.8, 4) is 6.07 Å². The first-order chi connectivity index (χ1) is 9.11. The van der Waals surface area contributed by atoms with Crippen molar-refractivity contribution in [2.45, 2.75) is 12.3 Å². The Morgan fingerprint density at radius 2 is 2.21 bits per heavy atom. The van der Waals surface area contributed by atoms with Crippen LogP contribution in [-0.4, -0.2) is 14.6 Å². The Bertz CT molecular complexity index is 830. The average Bonchev–Trinajstić information content (AvgIpc) is 2.85. The standard InChI is InChI=1S/C13H8Cl2N4/c1-7(14)13-18-10-5-8(6-16)4-9(15)12(10)11-2-3-17-19(11)13/h2-5,7H,1H3. The first-order valence-corrected chi connectivity index (χ1v) is 6.44. The zero-order valence-corrected chi connectivity index (χ0v) is 11.4. The Labute approximate surface area is 119 Å². The Balaban J connectivity index is 2.54. The van der Waals surface area contributed by atoms with Crippen LogP contribution in [0.1, 0.15) is 23.7 Å². The zero-order valence-electron chi connectivity index (χ0n) is 9.93. The van der Waals surface area contributed by atoms with Gasteiger partial charge in [-0.3, -0.25) is 0 Å². The van der Waals surface area contributed by atoms with Crippen molar-refractivity contribution in [2.75, 3.05) is 0 Å². The van der Waals surface area contributed by atoms with Crippen molar-refractivity contribution < 1.29 is 0 Å². The molecule has 0 spiro atoms. The molecule has 0 amide bonds. The first kappa shape index (κ1) is 12.2. The molecule has 3 rings (SSSR count). The van der Waals surface area contributed by atoms with Gasteiger partial charge in [0.05, 0.1) is 39.3 Å². The summed E-state index contributed by atoms with van der Waals surface area (Å²) < 4.78 is 1.68. The topological polar surface area (TPSA) is 54.0 Å². The Kier molecular flexibility index (Phi) is 2.81. The molecule has 0 fully saturated rings. The third-order valence-corrected chi connectivity index (χ3v) is 3.40. The van der Waals surface area contributed by atoms with Crippen molar-refractivity contribution in [1.82, 2.24) is 14.6 Å². The summed E-state index contributed by atoms with van der Waals surface area (Å²) in [6.45, 7) is 1.83. The second kappa shape index (κ2) is 4.37. The molecule has 4 nitrogen and oxygen atoms in total. The Hall–Kier alpha value is -1.83. The van der Waals surface area contributed by atoms with Crippen LogP contribution in [0.2, 0.25) is 5.02 Å². The molecule has 0 bridgehead atoms. The molecule has 0 saturated carbocycles. The van der Waals surface area contributed by atoms with Gasteiger partial charge in [-0.25, -0.2) is 9.50 Å². The number of hydrogen-bond acceptors (Lipinski definition) is 3. The minimum atomic E-state index is -0.295. The maximum absolute atomic E-state index is 8.99. The second-order valence-electron chi connectivity index (χ2n) is 4.18. The average molecular weight is 291 g/mol. The van der Waals surface area contributed by atoms with Gasteiger partial charge in [0.15, 0.2) is 0 Å². The number of hydrogen-bond donors (Lipinski definition) is 0. The molecule has 94 valence electrons. The van der Waals surface area contributed by atoms with Crippen molar-refractivity contribution >= 4 is 39.6 Å². The molecule has 1 aromatic carbocycles. The second-order valence-corrected chi connectivity index (χ2v) is 5.24. The fourth-order valence-electron chi connectivity index (χ4n) is 2.10. The normalized spacial score (nSPS) is 12.7. The highest BCUT2D eigenvalue weighted by atomic mass is 35.5. The highest BCUT2D eigenvalue weighted by Crippen LogP contribution is 2.30. The summed E-state index contributed by atoms with van der Waals surface area (Å²) in [6.07, 6.45) is 1.67. The molecule has 6 heteroatoms. The predicted molar refractivity (Wildman–Crippen MR) is 74.5 cm³/mol. The fraction of sp³-hybridized carbons (Fsp3) is 0.154. The van der Waals surface area contributed by atoms with Crippen LogP contribution in [0.3, 0.4) is 0 Å². The highest BCUT2D eigenvalue weighted by Gasteiger charge is 2.15. The summed E-state index contributed by atoms with van der Waals surface area (Å²) in [5, 5.41) is 14.2. The number of nitriles is 1. The molecule has 0 aliphatic rings. The lowest BCUT2D eigenvalue weighted by atomic mass is 10.1. The van der Waals surface area contributed by atoms with Gasteiger partial charge in [-0.1, -0.05) is 11.6 Å². The van der Waals surface area contributed by atoms with Gasteiger partial charge in [0, 0.05) is 5.39 Å². The minimum absolute atomic E-state index is 0.295. The summed E-state index contributed by atoms with van der Waals surface area (Å²) in [5.41, 5.74) is 1.96. The number of halogens is 2. The maximum Gasteiger partial charge on any atom is 0.148 e. The van der Waals surface area contributed by atoms with Gasteiger partial charge in [0.2, 0.25) is 0 Å². The van der Waals surface area contributed by atoms with E-state index in [-0.39, 0.29) is 5.38 Å². The summed E-state index contributed by atoms with van der Waals surface area (Å²) in [7, 11) is 0. The van der Waals surface area contributed by atoms with Crippen LogP contribution in [0.25, 0.3) is 16.4 Å². The lowest BCUT2D eigenvalue weighted by Gasteiger charge is -2.10. The van der Waals surface area contributed by atoms with Crippen LogP contribution < -0.4 is 0 Å². The summed E-state index contributed by atoms with van der Waals surface area (Å²) >= 11 is 12.4. The van der Waals surface area contributed by atoms with Crippen molar-refractivity contribution in [1.29, 1.82) is 5.26 Å². The minimum Gasteiger partial charge on any atom is -0.231 e. The smallest absolute Gasteiger partial charge is 0.148 e. The van der Waals surface area contributed by atoms with Crippen LogP contribution in [-0.2, 0) is 0 Å². The third kappa shape index (κ3) is 1.83. The van der Waals surface area contributed by atoms with Crippen molar-refractivity contribution in [3.05, 3.63) is 40.8 Å². The number of aromatic nitrogens is 3. The van der Waals surface area contributed by atoms with Crippen LogP contribution in [0.4, 0.5) is 0 Å². The van der Waals surface area contributed by atoms with Gasteiger partial charge in [0.1, 0.15) is 5.82 Å². The van der Waals surface area contributed by atoms with Crippen LogP contribution in [0.5, 0.6) is 0 Å². The molecule has 1 atom stereocenters. The monoisotopic (exact) mass is 290 g/mol. The summed E-state index contributed by atoms with van der Waals surface area (Å²) in [6, 6.07) is 7.26. The quantitative estimate of drug-likeness (QED) is 0.642. The molecule has 19 heavy (non-hydrogen) atoms. The third-order valence-electron chi connectivity index (χ3n) is 2.91. The van der Waals surface area contributed by atoms with E-state index >= 15 is 0 Å². The number of fused-ring (bicyclic) bond motifs is 3. The number of rotatable bonds is 1. The molecule has 2 aromatic heterocycles. The summed E-state index contributed by atoms with van der Waals surface area (Å²) in [4.78, 5) is 4.48. The molecule has 1 unspecified atom stereocenters. The molecular weight excluding hydrogens is 283 g/mol. The van der Waals surface area contributed by atoms with Crippen LogP contribution >= 0.6 is 23.2 Å². The van der Waals surface area contributed by atoms with Gasteiger partial charge in [-0.15, -0.1) is 11.6 Å². The molecule has 0 aliphatic carbocycles. The van der Waals surface area contributed by atoms with E-state index in [2.05, 4.69) is 16.2 Å². The molecule has 3 aromatic rings. The first-order valence-electron chi connectivity index (χ1n) is 5.63. The van der Waals surface area contributed by atoms with Gasteiger partial charge in [0.25, 0.3) is 0 Å². The molecular formula is C13H8Cl2N4. The maximum atomic E-state index is 8.99. The highest BCUT2D eigenvalue weighted by molar-refractivity contribution is 6.37. The van der Waals surface area contributed by atoms with Crippen LogP contribution in [0.15, 0.2) is 24.4 Å². The van der Waals surface area contributed by atoms with E-state index in [0.717, 1.165) is 10.9 Å². The lowest BCUT2D eigenvalue weighted by Crippen LogP contribution is -2.04. The van der Waals surface area contributed by atoms with E-state index in [4.69, 9.17) is 28.5 Å². The SMILES string of the molecule is CC(Cl)c1nc2cc(C#N)cc(Cl)c2c2ccnn12. The van der Waals surface area contributed by atoms with E-state index < -0.39 is 0 Å². The van der Waals surface area contributed by atoms with E-state index in [1.54, 1.807) is 22.8 Å². The largest absolute Gasteiger partial charge is 0.231 e. The van der Waals surface area contributed by atoms with E-state index in [1.165, 1.54) is 0 Å². The van der Waals surface area contributed by atoms with Gasteiger partial charge in [-0.2, -0.15) is 10.4 Å². The summed E-state index contributed by atoms with van der Waals surface area (Å²) in [5.74, 6) is 0.625. The predicted octanol–water partition coefficient (Wildman–Crippen LogP) is 3.71. The van der Waals surface area contributed by atoms with Gasteiger partial charge < -0.3 is 0 Å². The molecule has 2 heterocycles. The molecule has 0 saturated heterocycles. The Morgan fingerprint density at radius 3 is 2.89 bits per heavy atom. The molecule has 0 radical (unpaired) electrons. The van der Waals surface area contributed by atoms with Gasteiger partial charge in [-0.05, 0) is 25.1 Å². The molecule has 0 N–H and O–H groups in total. The zero-order chi connectivity index (χ0) is 13.6. The van der Waals surface area contributed by atoms with Crippen molar-refractivity contribution in [2.24, 2.45) is 0 Å². The number of alkyl halides is 1. The van der Waals surface area contributed by atoms with E-state index in [0.29, 0.717) is 21.9 Å².